The third kappa shape index (κ3) is 4.19. The molecule has 4 nitrogen and oxygen atoms in total. The van der Waals surface area contributed by atoms with Gasteiger partial charge >= 0.3 is 5.97 Å². The summed E-state index contributed by atoms with van der Waals surface area (Å²) in [6.07, 6.45) is 0.582. The van der Waals surface area contributed by atoms with Crippen LogP contribution in [-0.4, -0.2) is 17.6 Å². The van der Waals surface area contributed by atoms with Gasteiger partial charge in [0.1, 0.15) is 0 Å². The van der Waals surface area contributed by atoms with Gasteiger partial charge in [0.05, 0.1) is 17.0 Å². The van der Waals surface area contributed by atoms with Crippen LogP contribution in [0.1, 0.15) is 31.4 Å². The van der Waals surface area contributed by atoms with Crippen molar-refractivity contribution in [1.82, 2.24) is 5.32 Å². The molecule has 0 saturated heterocycles. The van der Waals surface area contributed by atoms with Crippen LogP contribution < -0.4 is 5.32 Å². The minimum Gasteiger partial charge on any atom is -0.481 e. The largest absolute Gasteiger partial charge is 0.481 e. The second-order valence-electron chi connectivity index (χ2n) is 4.92. The van der Waals surface area contributed by atoms with Crippen molar-refractivity contribution in [2.45, 2.75) is 26.8 Å². The Kier molecular flexibility index (Phi) is 4.87. The zero-order valence-electron chi connectivity index (χ0n) is 10.7. The number of nitrogens with one attached hydrogen (secondary N) is 1. The summed E-state index contributed by atoms with van der Waals surface area (Å²) in [6, 6.07) is 9.41. The molecule has 0 aliphatic heterocycles. The van der Waals surface area contributed by atoms with Crippen molar-refractivity contribution in [3.63, 3.8) is 0 Å². The molecule has 0 amide bonds. The topological polar surface area (TPSA) is 73.1 Å². The third-order valence-electron chi connectivity index (χ3n) is 2.92. The third-order valence-corrected chi connectivity index (χ3v) is 2.92. The molecule has 0 fully saturated rings. The highest BCUT2D eigenvalue weighted by atomic mass is 16.4. The highest BCUT2D eigenvalue weighted by molar-refractivity contribution is 5.73. The van der Waals surface area contributed by atoms with E-state index < -0.39 is 11.4 Å². The molecule has 0 saturated carbocycles. The monoisotopic (exact) mass is 246 g/mol. The van der Waals surface area contributed by atoms with Gasteiger partial charge in [-0.3, -0.25) is 4.79 Å². The SMILES string of the molecule is CC(C)(CCNCc1ccc(C#N)cc1)C(=O)O. The standard InChI is InChI=1S/C14H18N2O2/c1-14(2,13(17)18)7-8-16-10-12-5-3-11(9-15)4-6-12/h3-6,16H,7-8,10H2,1-2H3,(H,17,18). The first-order chi connectivity index (χ1) is 8.45. The predicted octanol–water partition coefficient (Wildman–Crippen LogP) is 2.15. The van der Waals surface area contributed by atoms with Crippen LogP contribution >= 0.6 is 0 Å². The predicted molar refractivity (Wildman–Crippen MR) is 68.9 cm³/mol. The molecule has 0 bridgehead atoms. The quantitative estimate of drug-likeness (QED) is 0.754. The van der Waals surface area contributed by atoms with E-state index in [0.29, 0.717) is 25.1 Å². The highest BCUT2D eigenvalue weighted by Gasteiger charge is 2.25. The smallest absolute Gasteiger partial charge is 0.309 e. The van der Waals surface area contributed by atoms with Crippen molar-refractivity contribution in [1.29, 1.82) is 5.26 Å². The van der Waals surface area contributed by atoms with E-state index in [0.717, 1.165) is 5.56 Å². The van der Waals surface area contributed by atoms with E-state index in [4.69, 9.17) is 10.4 Å². The van der Waals surface area contributed by atoms with E-state index in [1.807, 2.05) is 12.1 Å². The average molecular weight is 246 g/mol. The Morgan fingerprint density at radius 1 is 1.39 bits per heavy atom. The maximum absolute atomic E-state index is 10.9. The van der Waals surface area contributed by atoms with E-state index in [1.54, 1.807) is 26.0 Å². The number of benzene rings is 1. The van der Waals surface area contributed by atoms with E-state index in [1.165, 1.54) is 0 Å². The van der Waals surface area contributed by atoms with Gasteiger partial charge in [0.25, 0.3) is 0 Å². The normalized spacial score (nSPS) is 10.9. The summed E-state index contributed by atoms with van der Waals surface area (Å²) >= 11 is 0. The van der Waals surface area contributed by atoms with Crippen LogP contribution in [0.2, 0.25) is 0 Å². The van der Waals surface area contributed by atoms with Gasteiger partial charge in [-0.25, -0.2) is 0 Å². The average Bonchev–Trinajstić information content (AvgIpc) is 2.35. The lowest BCUT2D eigenvalue weighted by Gasteiger charge is -2.18. The van der Waals surface area contributed by atoms with Crippen molar-refractivity contribution >= 4 is 5.97 Å². The second-order valence-corrected chi connectivity index (χ2v) is 4.92. The van der Waals surface area contributed by atoms with E-state index >= 15 is 0 Å². The highest BCUT2D eigenvalue weighted by Crippen LogP contribution is 2.19. The maximum Gasteiger partial charge on any atom is 0.309 e. The molecule has 1 aromatic carbocycles. The first-order valence-corrected chi connectivity index (χ1v) is 5.89. The number of nitriles is 1. The van der Waals surface area contributed by atoms with Crippen LogP contribution in [0, 0.1) is 16.7 Å². The van der Waals surface area contributed by atoms with Crippen LogP contribution in [0.3, 0.4) is 0 Å². The Bertz CT molecular complexity index is 444. The number of hydrogen-bond donors (Lipinski definition) is 2. The number of nitrogens with zero attached hydrogens (tertiary/aromatic N) is 1. The molecule has 0 atom stereocenters. The van der Waals surface area contributed by atoms with Gasteiger partial charge in [-0.2, -0.15) is 5.26 Å². The Labute approximate surface area is 107 Å². The lowest BCUT2D eigenvalue weighted by atomic mass is 9.90. The zero-order chi connectivity index (χ0) is 13.6. The van der Waals surface area contributed by atoms with Gasteiger partial charge in [-0.05, 0) is 44.5 Å². The number of hydrogen-bond acceptors (Lipinski definition) is 3. The van der Waals surface area contributed by atoms with Gasteiger partial charge in [-0.1, -0.05) is 12.1 Å². The molecule has 0 unspecified atom stereocenters. The van der Waals surface area contributed by atoms with E-state index in [9.17, 15) is 4.79 Å². The summed E-state index contributed by atoms with van der Waals surface area (Å²) in [5, 5.41) is 20.8. The number of aliphatic carboxylic acids is 1. The minimum atomic E-state index is -0.775. The molecule has 1 rings (SSSR count). The molecular weight excluding hydrogens is 228 g/mol. The van der Waals surface area contributed by atoms with Crippen molar-refractivity contribution in [3.05, 3.63) is 35.4 Å². The van der Waals surface area contributed by atoms with Crippen LogP contribution in [-0.2, 0) is 11.3 Å². The molecule has 0 heterocycles. The fourth-order valence-corrected chi connectivity index (χ4v) is 1.44. The zero-order valence-corrected chi connectivity index (χ0v) is 10.7. The summed E-state index contributed by atoms with van der Waals surface area (Å²) in [6.45, 7) is 4.78. The van der Waals surface area contributed by atoms with Crippen molar-refractivity contribution in [2.75, 3.05) is 6.54 Å². The first-order valence-electron chi connectivity index (χ1n) is 5.89. The van der Waals surface area contributed by atoms with E-state index in [2.05, 4.69) is 11.4 Å². The molecule has 96 valence electrons. The molecule has 4 heteroatoms. The van der Waals surface area contributed by atoms with Crippen LogP contribution in [0.25, 0.3) is 0 Å². The molecule has 18 heavy (non-hydrogen) atoms. The molecule has 2 N–H and O–H groups in total. The first kappa shape index (κ1) is 14.2. The molecule has 0 aliphatic rings. The summed E-state index contributed by atoms with van der Waals surface area (Å²) in [5.74, 6) is -0.775. The Balaban J connectivity index is 2.34. The van der Waals surface area contributed by atoms with Crippen molar-refractivity contribution < 1.29 is 9.90 Å². The lowest BCUT2D eigenvalue weighted by molar-refractivity contribution is -0.147. The van der Waals surface area contributed by atoms with Crippen LogP contribution in [0.15, 0.2) is 24.3 Å². The van der Waals surface area contributed by atoms with Gasteiger partial charge in [0.2, 0.25) is 0 Å². The minimum absolute atomic E-state index is 0.582. The summed E-state index contributed by atoms with van der Waals surface area (Å²) in [5.41, 5.74) is 1.03. The molecule has 0 spiro atoms. The van der Waals surface area contributed by atoms with Gasteiger partial charge in [0.15, 0.2) is 0 Å². The Hall–Kier alpha value is -1.86. The number of rotatable bonds is 6. The van der Waals surface area contributed by atoms with Gasteiger partial charge in [-0.15, -0.1) is 0 Å². The fraction of sp³-hybridized carbons (Fsp3) is 0.429. The molecular formula is C14H18N2O2. The molecule has 1 aromatic rings. The molecule has 0 aromatic heterocycles. The van der Waals surface area contributed by atoms with E-state index in [-0.39, 0.29) is 0 Å². The Morgan fingerprint density at radius 2 is 2.00 bits per heavy atom. The van der Waals surface area contributed by atoms with Crippen molar-refractivity contribution in [3.8, 4) is 6.07 Å². The summed E-state index contributed by atoms with van der Waals surface area (Å²) in [7, 11) is 0. The van der Waals surface area contributed by atoms with Crippen molar-refractivity contribution in [2.24, 2.45) is 5.41 Å². The lowest BCUT2D eigenvalue weighted by Crippen LogP contribution is -2.28. The fourth-order valence-electron chi connectivity index (χ4n) is 1.44. The number of carbonyl (C=O) groups is 1. The van der Waals surface area contributed by atoms with Gasteiger partial charge in [0, 0.05) is 6.54 Å². The molecule has 0 aliphatic carbocycles. The molecule has 0 radical (unpaired) electrons. The van der Waals surface area contributed by atoms with Crippen LogP contribution in [0.4, 0.5) is 0 Å². The maximum atomic E-state index is 10.9. The summed E-state index contributed by atoms with van der Waals surface area (Å²) < 4.78 is 0. The number of carboxylic acid groups (broad SMARTS) is 1. The Morgan fingerprint density at radius 3 is 2.50 bits per heavy atom. The number of carboxylic acids is 1. The second kappa shape index (κ2) is 6.18. The van der Waals surface area contributed by atoms with Crippen LogP contribution in [0.5, 0.6) is 0 Å². The summed E-state index contributed by atoms with van der Waals surface area (Å²) in [4.78, 5) is 10.9. The van der Waals surface area contributed by atoms with Gasteiger partial charge < -0.3 is 10.4 Å².